The van der Waals surface area contributed by atoms with Crippen LogP contribution in [0.25, 0.3) is 5.69 Å². The predicted molar refractivity (Wildman–Crippen MR) is 178 cm³/mol. The number of hydrogen-bond acceptors (Lipinski definition) is 6. The molecule has 2 aromatic carbocycles. The summed E-state index contributed by atoms with van der Waals surface area (Å²) in [6.45, 7) is 9.64. The van der Waals surface area contributed by atoms with Gasteiger partial charge in [0.05, 0.1) is 31.0 Å². The number of rotatable bonds is 8. The molecule has 2 aromatic heterocycles. The summed E-state index contributed by atoms with van der Waals surface area (Å²) in [7, 11) is 1.51. The van der Waals surface area contributed by atoms with Crippen LogP contribution >= 0.6 is 12.2 Å². The molecule has 2 aliphatic rings. The zero-order chi connectivity index (χ0) is 30.8. The lowest BCUT2D eigenvalue weighted by Crippen LogP contribution is -2.36. The number of ether oxygens (including phenoxy) is 2. The summed E-state index contributed by atoms with van der Waals surface area (Å²) >= 11 is 5.99. The summed E-state index contributed by atoms with van der Waals surface area (Å²) < 4.78 is 12.8. The molecule has 0 aliphatic carbocycles. The fourth-order valence-electron chi connectivity index (χ4n) is 6.32. The number of aryl methyl sites for hydroxylation is 2. The lowest BCUT2D eigenvalue weighted by Gasteiger charge is -2.29. The van der Waals surface area contributed by atoms with Crippen LogP contribution in [-0.4, -0.2) is 60.6 Å². The summed E-state index contributed by atoms with van der Waals surface area (Å²) in [6, 6.07) is 22.7. The highest BCUT2D eigenvalue weighted by atomic mass is 32.1. The van der Waals surface area contributed by atoms with Gasteiger partial charge in [-0.2, -0.15) is 0 Å². The number of methoxy groups -OCH3 is 1. The van der Waals surface area contributed by atoms with Gasteiger partial charge in [0.1, 0.15) is 6.61 Å². The van der Waals surface area contributed by atoms with E-state index in [1.807, 2.05) is 43.5 Å². The summed E-state index contributed by atoms with van der Waals surface area (Å²) in [4.78, 5) is 21.5. The Morgan fingerprint density at radius 1 is 1.02 bits per heavy atom. The van der Waals surface area contributed by atoms with Gasteiger partial charge in [0.25, 0.3) is 0 Å². The van der Waals surface area contributed by atoms with Crippen LogP contribution in [0.5, 0.6) is 0 Å². The second-order valence-corrected chi connectivity index (χ2v) is 11.6. The number of amides is 1. The number of anilines is 3. The number of aromatic nitrogens is 2. The van der Waals surface area contributed by atoms with Crippen LogP contribution in [0.1, 0.15) is 40.3 Å². The lowest BCUT2D eigenvalue weighted by atomic mass is 9.96. The molecule has 0 bridgehead atoms. The highest BCUT2D eigenvalue weighted by Crippen LogP contribution is 2.44. The van der Waals surface area contributed by atoms with E-state index in [9.17, 15) is 4.79 Å². The van der Waals surface area contributed by atoms with Crippen molar-refractivity contribution < 1.29 is 14.3 Å². The Balaban J connectivity index is 1.38. The number of nitrogens with zero attached hydrogens (tertiary/aromatic N) is 4. The molecule has 2 fully saturated rings. The lowest BCUT2D eigenvalue weighted by molar-refractivity contribution is -0.119. The summed E-state index contributed by atoms with van der Waals surface area (Å²) in [6.07, 6.45) is 1.82. The zero-order valence-corrected chi connectivity index (χ0v) is 26.4. The van der Waals surface area contributed by atoms with E-state index in [1.54, 1.807) is 0 Å². The van der Waals surface area contributed by atoms with E-state index < -0.39 is 0 Å². The van der Waals surface area contributed by atoms with Gasteiger partial charge in [-0.15, -0.1) is 0 Å². The first-order valence-electron chi connectivity index (χ1n) is 14.9. The summed E-state index contributed by atoms with van der Waals surface area (Å²) in [5.41, 5.74) is 9.30. The molecule has 228 valence electrons. The van der Waals surface area contributed by atoms with E-state index in [0.717, 1.165) is 71.6 Å². The molecule has 2 N–H and O–H groups in total. The molecule has 44 heavy (non-hydrogen) atoms. The van der Waals surface area contributed by atoms with Crippen LogP contribution < -0.4 is 20.4 Å². The van der Waals surface area contributed by atoms with Gasteiger partial charge in [0, 0.05) is 60.5 Å². The highest BCUT2D eigenvalue weighted by molar-refractivity contribution is 7.80. The highest BCUT2D eigenvalue weighted by Gasteiger charge is 2.42. The van der Waals surface area contributed by atoms with Gasteiger partial charge in [-0.05, 0) is 105 Å². The molecule has 6 rings (SSSR count). The normalized spacial score (nSPS) is 18.4. The van der Waals surface area contributed by atoms with E-state index in [1.165, 1.54) is 12.8 Å². The van der Waals surface area contributed by atoms with Crippen molar-refractivity contribution in [2.45, 2.75) is 32.9 Å². The van der Waals surface area contributed by atoms with Gasteiger partial charge in [-0.3, -0.25) is 9.78 Å². The second-order valence-electron chi connectivity index (χ2n) is 11.3. The van der Waals surface area contributed by atoms with Crippen molar-refractivity contribution in [3.05, 3.63) is 101 Å². The topological polar surface area (TPSA) is 83.9 Å². The van der Waals surface area contributed by atoms with Crippen LogP contribution in [0.15, 0.2) is 72.9 Å². The Morgan fingerprint density at radius 3 is 2.43 bits per heavy atom. The minimum absolute atomic E-state index is 0.000707. The SMILES string of the molecule is COCC(=O)Nc1ccc(N2C(=S)N[C@@H](c3ccccn3)[C@@H]2c2cc(C)n(-c3ccc(N4CCOCC4)cc3)c2C)cc1C. The van der Waals surface area contributed by atoms with Crippen LogP contribution in [0.3, 0.4) is 0 Å². The fraction of sp³-hybridized carbons (Fsp3) is 0.324. The average molecular weight is 611 g/mol. The number of carbonyl (C=O) groups is 1. The van der Waals surface area contributed by atoms with Crippen LogP contribution in [0.2, 0.25) is 0 Å². The van der Waals surface area contributed by atoms with Gasteiger partial charge in [-0.25, -0.2) is 0 Å². The molecule has 10 heteroatoms. The number of nitrogens with one attached hydrogen (secondary N) is 2. The Hall–Kier alpha value is -4.25. The van der Waals surface area contributed by atoms with Gasteiger partial charge in [-0.1, -0.05) is 6.07 Å². The first-order chi connectivity index (χ1) is 21.4. The third kappa shape index (κ3) is 5.80. The van der Waals surface area contributed by atoms with Gasteiger partial charge in [0.15, 0.2) is 5.11 Å². The Labute approximate surface area is 263 Å². The standard InChI is InChI=1S/C34H38N6O3S/c1-22-19-27(12-13-29(22)36-31(41)21-42-4)40-33(32(37-34(40)44)30-7-5-6-14-35-30)28-20-23(2)39(24(28)3)26-10-8-25(9-11-26)38-15-17-43-18-16-38/h5-14,19-20,32-33H,15-18,21H2,1-4H3,(H,36,41)(H,37,44)/t32-,33-/m0/s1. The molecular formula is C34H38N6O3S. The molecule has 9 nitrogen and oxygen atoms in total. The van der Waals surface area contributed by atoms with Gasteiger partial charge >= 0.3 is 0 Å². The van der Waals surface area contributed by atoms with E-state index in [2.05, 4.69) is 75.2 Å². The number of pyridine rings is 1. The Kier molecular flexibility index (Phi) is 8.65. The number of carbonyl (C=O) groups excluding carboxylic acids is 1. The van der Waals surface area contributed by atoms with E-state index >= 15 is 0 Å². The first kappa shape index (κ1) is 29.8. The van der Waals surface area contributed by atoms with Crippen LogP contribution in [-0.2, 0) is 14.3 Å². The number of morpholine rings is 1. The molecule has 0 radical (unpaired) electrons. The monoisotopic (exact) mass is 610 g/mol. The van der Waals surface area contributed by atoms with Crippen molar-refractivity contribution in [2.24, 2.45) is 0 Å². The average Bonchev–Trinajstić information content (AvgIpc) is 3.53. The maximum atomic E-state index is 12.2. The third-order valence-corrected chi connectivity index (χ3v) is 8.72. The van der Waals surface area contributed by atoms with Crippen molar-refractivity contribution in [1.29, 1.82) is 0 Å². The van der Waals surface area contributed by atoms with Crippen molar-refractivity contribution in [3.63, 3.8) is 0 Å². The molecule has 4 heterocycles. The number of benzene rings is 2. The van der Waals surface area contributed by atoms with E-state index in [-0.39, 0.29) is 24.6 Å². The molecule has 2 saturated heterocycles. The molecule has 2 atom stereocenters. The third-order valence-electron chi connectivity index (χ3n) is 8.41. The minimum atomic E-state index is -0.194. The second kappa shape index (κ2) is 12.8. The van der Waals surface area contributed by atoms with Crippen molar-refractivity contribution >= 4 is 40.3 Å². The maximum Gasteiger partial charge on any atom is 0.250 e. The number of thiocarbonyl (C=S) groups is 1. The molecular weight excluding hydrogens is 572 g/mol. The van der Waals surface area contributed by atoms with Crippen molar-refractivity contribution in [2.75, 3.05) is 55.1 Å². The van der Waals surface area contributed by atoms with Crippen molar-refractivity contribution in [3.8, 4) is 5.69 Å². The quantitative estimate of drug-likeness (QED) is 0.257. The minimum Gasteiger partial charge on any atom is -0.378 e. The zero-order valence-electron chi connectivity index (χ0n) is 25.5. The molecule has 0 unspecified atom stereocenters. The molecule has 0 spiro atoms. The Bertz CT molecular complexity index is 1650. The van der Waals surface area contributed by atoms with Gasteiger partial charge in [0.2, 0.25) is 5.91 Å². The van der Waals surface area contributed by atoms with E-state index in [0.29, 0.717) is 5.11 Å². The number of hydrogen-bond donors (Lipinski definition) is 2. The molecule has 0 saturated carbocycles. The first-order valence-corrected chi connectivity index (χ1v) is 15.3. The van der Waals surface area contributed by atoms with E-state index in [4.69, 9.17) is 26.7 Å². The fourth-order valence-corrected chi connectivity index (χ4v) is 6.67. The van der Waals surface area contributed by atoms with Crippen molar-refractivity contribution in [1.82, 2.24) is 14.9 Å². The predicted octanol–water partition coefficient (Wildman–Crippen LogP) is 5.40. The van der Waals surface area contributed by atoms with Crippen LogP contribution in [0.4, 0.5) is 17.1 Å². The molecule has 1 amide bonds. The van der Waals surface area contributed by atoms with Gasteiger partial charge < -0.3 is 34.5 Å². The summed E-state index contributed by atoms with van der Waals surface area (Å²) in [5, 5.41) is 7.13. The maximum absolute atomic E-state index is 12.2. The molecule has 4 aromatic rings. The molecule has 2 aliphatic heterocycles. The Morgan fingerprint density at radius 2 is 1.75 bits per heavy atom. The summed E-state index contributed by atoms with van der Waals surface area (Å²) in [5.74, 6) is -0.194. The smallest absolute Gasteiger partial charge is 0.250 e. The largest absolute Gasteiger partial charge is 0.378 e. The van der Waals surface area contributed by atoms with Crippen LogP contribution in [0, 0.1) is 20.8 Å².